The molecule has 0 bridgehead atoms. The zero-order valence-electron chi connectivity index (χ0n) is 17.8. The van der Waals surface area contributed by atoms with Crippen LogP contribution in [0.1, 0.15) is 61.1 Å². The number of rotatable bonds is 3. The molecule has 6 unspecified atom stereocenters. The third kappa shape index (κ3) is 3.54. The van der Waals surface area contributed by atoms with Gasteiger partial charge in [0.15, 0.2) is 0 Å². The van der Waals surface area contributed by atoms with Gasteiger partial charge in [0, 0.05) is 29.3 Å². The summed E-state index contributed by atoms with van der Waals surface area (Å²) >= 11 is 5.86. The van der Waals surface area contributed by atoms with E-state index < -0.39 is 0 Å². The summed E-state index contributed by atoms with van der Waals surface area (Å²) in [6, 6.07) is 13.9. The molecule has 3 fully saturated rings. The topological polar surface area (TPSA) is 9.23 Å². The second kappa shape index (κ2) is 7.88. The van der Waals surface area contributed by atoms with Crippen molar-refractivity contribution in [1.82, 2.24) is 0 Å². The first-order valence-corrected chi connectivity index (χ1v) is 14.0. The highest BCUT2D eigenvalue weighted by Gasteiger charge is 2.48. The van der Waals surface area contributed by atoms with E-state index in [1.165, 1.54) is 62.9 Å². The van der Waals surface area contributed by atoms with Crippen molar-refractivity contribution in [1.29, 1.82) is 0 Å². The number of ether oxygens (including phenoxy) is 1. The highest BCUT2D eigenvalue weighted by Crippen LogP contribution is 2.52. The summed E-state index contributed by atoms with van der Waals surface area (Å²) in [6.45, 7) is 4.60. The molecule has 2 saturated carbocycles. The molecule has 2 aliphatic carbocycles. The molecule has 0 amide bonds. The van der Waals surface area contributed by atoms with Gasteiger partial charge in [0.25, 0.3) is 0 Å². The maximum Gasteiger partial charge on any atom is 0.0616 e. The number of fused-ring (bicyclic) bond motifs is 3. The Balaban J connectivity index is 1.17. The van der Waals surface area contributed by atoms with Gasteiger partial charge in [-0.25, -0.2) is 0 Å². The number of hydrogen-bond donors (Lipinski definition) is 0. The molecular weight excluding hydrogens is 424 g/mol. The van der Waals surface area contributed by atoms with Crippen molar-refractivity contribution in [3.8, 4) is 19.5 Å². The number of thiophene rings is 3. The molecule has 3 aromatic rings. The van der Waals surface area contributed by atoms with Crippen molar-refractivity contribution < 1.29 is 4.74 Å². The van der Waals surface area contributed by atoms with Crippen LogP contribution in [-0.4, -0.2) is 12.2 Å². The van der Waals surface area contributed by atoms with Gasteiger partial charge >= 0.3 is 0 Å². The van der Waals surface area contributed by atoms with Crippen molar-refractivity contribution in [2.24, 2.45) is 17.8 Å². The van der Waals surface area contributed by atoms with Gasteiger partial charge in [-0.2, -0.15) is 0 Å². The third-order valence-electron chi connectivity index (χ3n) is 7.71. The zero-order chi connectivity index (χ0) is 20.2. The maximum absolute atomic E-state index is 6.65. The molecule has 0 N–H and O–H groups in total. The molecule has 4 heteroatoms. The van der Waals surface area contributed by atoms with E-state index in [2.05, 4.69) is 50.2 Å². The fourth-order valence-corrected chi connectivity index (χ4v) is 9.36. The average molecular weight is 455 g/mol. The first-order valence-electron chi connectivity index (χ1n) is 11.6. The summed E-state index contributed by atoms with van der Waals surface area (Å²) in [5.74, 6) is 3.25. The summed E-state index contributed by atoms with van der Waals surface area (Å²) in [6.07, 6.45) is 9.18. The van der Waals surface area contributed by atoms with E-state index in [1.54, 1.807) is 4.88 Å². The Morgan fingerprint density at radius 1 is 0.700 bits per heavy atom. The molecule has 3 aromatic heterocycles. The largest absolute Gasteiger partial charge is 0.374 e. The predicted molar refractivity (Wildman–Crippen MR) is 131 cm³/mol. The molecule has 1 nitrogen and oxygen atoms in total. The minimum absolute atomic E-state index is 0.519. The Kier molecular flexibility index (Phi) is 5.18. The first kappa shape index (κ1) is 19.7. The molecule has 4 heterocycles. The molecule has 30 heavy (non-hydrogen) atoms. The van der Waals surface area contributed by atoms with Crippen LogP contribution >= 0.6 is 34.0 Å². The highest BCUT2D eigenvalue weighted by atomic mass is 32.1. The van der Waals surface area contributed by atoms with Crippen LogP contribution in [-0.2, 0) is 4.74 Å². The Bertz CT molecular complexity index is 1030. The Morgan fingerprint density at radius 2 is 1.33 bits per heavy atom. The van der Waals surface area contributed by atoms with Crippen LogP contribution in [0.4, 0.5) is 0 Å². The van der Waals surface area contributed by atoms with E-state index in [-0.39, 0.29) is 0 Å². The van der Waals surface area contributed by atoms with E-state index in [1.807, 2.05) is 34.0 Å². The van der Waals surface area contributed by atoms with E-state index in [0.29, 0.717) is 18.1 Å². The maximum atomic E-state index is 6.65. The van der Waals surface area contributed by atoms with Crippen molar-refractivity contribution in [2.45, 2.75) is 70.5 Å². The lowest BCUT2D eigenvalue weighted by Crippen LogP contribution is -2.30. The molecule has 158 valence electrons. The molecule has 0 aromatic carbocycles. The van der Waals surface area contributed by atoms with E-state index >= 15 is 0 Å². The zero-order valence-corrected chi connectivity index (χ0v) is 20.3. The van der Waals surface area contributed by atoms with Gasteiger partial charge in [-0.05, 0) is 99.1 Å². The standard InChI is InChI=1S/C26H30OS3/c1-15-3-6-18-19-7-5-17(14-21(19)27-20(18)13-15)22-9-10-25(29-22)26-12-11-24(30-26)23-8-4-16(2)28-23/h4,8-12,15,17-21H,3,5-7,13-14H2,1-2H3. The van der Waals surface area contributed by atoms with Crippen molar-refractivity contribution in [3.63, 3.8) is 0 Å². The second-order valence-electron chi connectivity index (χ2n) is 9.75. The first-order chi connectivity index (χ1) is 14.6. The normalized spacial score (nSPS) is 33.4. The second-order valence-corrected chi connectivity index (χ2v) is 13.2. The third-order valence-corrected chi connectivity index (χ3v) is 11.4. The molecule has 6 atom stereocenters. The molecule has 1 aliphatic heterocycles. The lowest BCUT2D eigenvalue weighted by molar-refractivity contribution is -0.00542. The minimum atomic E-state index is 0.519. The quantitative estimate of drug-likeness (QED) is 0.385. The number of aryl methyl sites for hydroxylation is 1. The van der Waals surface area contributed by atoms with Gasteiger partial charge in [0.1, 0.15) is 0 Å². The van der Waals surface area contributed by atoms with Crippen LogP contribution in [0.25, 0.3) is 19.5 Å². The molecular formula is C26H30OS3. The van der Waals surface area contributed by atoms with Crippen molar-refractivity contribution in [3.05, 3.63) is 46.2 Å². The fraction of sp³-hybridized carbons (Fsp3) is 0.538. The summed E-state index contributed by atoms with van der Waals surface area (Å²) in [4.78, 5) is 8.61. The van der Waals surface area contributed by atoms with Gasteiger partial charge in [-0.3, -0.25) is 0 Å². The lowest BCUT2D eigenvalue weighted by Gasteiger charge is -2.34. The summed E-state index contributed by atoms with van der Waals surface area (Å²) in [5, 5.41) is 0. The Hall–Kier alpha value is -0.940. The Labute approximate surface area is 192 Å². The van der Waals surface area contributed by atoms with Crippen LogP contribution in [0.5, 0.6) is 0 Å². The molecule has 3 aliphatic rings. The van der Waals surface area contributed by atoms with Gasteiger partial charge in [-0.15, -0.1) is 34.0 Å². The van der Waals surface area contributed by atoms with Crippen LogP contribution < -0.4 is 0 Å². The molecule has 6 rings (SSSR count). The molecule has 1 saturated heterocycles. The van der Waals surface area contributed by atoms with Crippen molar-refractivity contribution in [2.75, 3.05) is 0 Å². The Morgan fingerprint density at radius 3 is 2.10 bits per heavy atom. The number of hydrogen-bond acceptors (Lipinski definition) is 4. The van der Waals surface area contributed by atoms with E-state index in [4.69, 9.17) is 4.74 Å². The van der Waals surface area contributed by atoms with E-state index in [0.717, 1.165) is 17.8 Å². The molecule has 0 radical (unpaired) electrons. The van der Waals surface area contributed by atoms with Crippen LogP contribution in [0, 0.1) is 24.7 Å². The van der Waals surface area contributed by atoms with Crippen LogP contribution in [0.2, 0.25) is 0 Å². The minimum Gasteiger partial charge on any atom is -0.374 e. The monoisotopic (exact) mass is 454 g/mol. The molecule has 0 spiro atoms. The summed E-state index contributed by atoms with van der Waals surface area (Å²) < 4.78 is 6.65. The van der Waals surface area contributed by atoms with Crippen LogP contribution in [0.3, 0.4) is 0 Å². The smallest absolute Gasteiger partial charge is 0.0616 e. The van der Waals surface area contributed by atoms with E-state index in [9.17, 15) is 0 Å². The summed E-state index contributed by atoms with van der Waals surface area (Å²) in [7, 11) is 0. The van der Waals surface area contributed by atoms with Gasteiger partial charge in [0.2, 0.25) is 0 Å². The highest BCUT2D eigenvalue weighted by molar-refractivity contribution is 7.26. The summed E-state index contributed by atoms with van der Waals surface area (Å²) in [5.41, 5.74) is 0. The average Bonchev–Trinajstić information content (AvgIpc) is 3.51. The lowest BCUT2D eigenvalue weighted by atomic mass is 9.69. The van der Waals surface area contributed by atoms with Gasteiger partial charge in [-0.1, -0.05) is 13.3 Å². The van der Waals surface area contributed by atoms with Gasteiger partial charge in [0.05, 0.1) is 12.2 Å². The van der Waals surface area contributed by atoms with Crippen molar-refractivity contribution >= 4 is 34.0 Å². The predicted octanol–water partition coefficient (Wildman–Crippen LogP) is 8.60. The SMILES string of the molecule is Cc1ccc(-c2ccc(-c3ccc(C4CCC5C(C4)OC4CC(C)CCC45)s3)s2)s1. The van der Waals surface area contributed by atoms with Crippen LogP contribution in [0.15, 0.2) is 36.4 Å². The fourth-order valence-electron chi connectivity index (χ4n) is 6.15. The van der Waals surface area contributed by atoms with Gasteiger partial charge < -0.3 is 4.74 Å².